The quantitative estimate of drug-likeness (QED) is 0.618. The number of hydrogen-bond acceptors (Lipinski definition) is 3. The predicted octanol–water partition coefficient (Wildman–Crippen LogP) is 3.33. The first-order chi connectivity index (χ1) is 8.61. The Balaban J connectivity index is 2.43. The molecule has 0 fully saturated rings. The summed E-state index contributed by atoms with van der Waals surface area (Å²) in [5.74, 6) is -1.33. The summed E-state index contributed by atoms with van der Waals surface area (Å²) in [7, 11) is 1.21. The van der Waals surface area contributed by atoms with Crippen LogP contribution in [0.4, 0.5) is 4.39 Å². The summed E-state index contributed by atoms with van der Waals surface area (Å²) in [4.78, 5) is 15.1. The van der Waals surface area contributed by atoms with Crippen molar-refractivity contribution in [1.82, 2.24) is 4.98 Å². The maximum absolute atomic E-state index is 13.7. The second-order valence-electron chi connectivity index (χ2n) is 3.55. The number of methoxy groups -OCH3 is 1. The highest BCUT2D eigenvalue weighted by Gasteiger charge is 2.12. The number of ether oxygens (including phenoxy) is 1. The minimum Gasteiger partial charge on any atom is -0.465 e. The van der Waals surface area contributed by atoms with Gasteiger partial charge in [0.25, 0.3) is 0 Å². The number of hydrogen-bond donors (Lipinski definition) is 0. The number of carbonyl (C=O) groups is 1. The Kier molecular flexibility index (Phi) is 3.58. The van der Waals surface area contributed by atoms with Crippen LogP contribution in [0.2, 0.25) is 5.15 Å². The fraction of sp³-hybridized carbons (Fsp3) is 0.0769. The summed E-state index contributed by atoms with van der Waals surface area (Å²) < 4.78 is 18.2. The summed E-state index contributed by atoms with van der Waals surface area (Å²) in [5.41, 5.74) is 1.25. The van der Waals surface area contributed by atoms with E-state index in [1.54, 1.807) is 18.2 Å². The molecule has 0 spiro atoms. The molecule has 0 atom stereocenters. The number of benzene rings is 1. The monoisotopic (exact) mass is 265 g/mol. The van der Waals surface area contributed by atoms with Gasteiger partial charge in [0.05, 0.1) is 12.7 Å². The summed E-state index contributed by atoms with van der Waals surface area (Å²) in [6.45, 7) is 0. The minimum atomic E-state index is -0.702. The van der Waals surface area contributed by atoms with Gasteiger partial charge in [-0.2, -0.15) is 0 Å². The SMILES string of the molecule is COC(=O)c1ccc(-c2ccnc(Cl)c2)cc1F. The largest absolute Gasteiger partial charge is 0.465 e. The average Bonchev–Trinajstić information content (AvgIpc) is 2.37. The molecule has 0 radical (unpaired) electrons. The molecule has 1 aromatic carbocycles. The molecular weight excluding hydrogens is 257 g/mol. The third-order valence-corrected chi connectivity index (χ3v) is 2.64. The Bertz CT molecular complexity index is 601. The molecule has 0 aliphatic rings. The van der Waals surface area contributed by atoms with E-state index in [1.807, 2.05) is 0 Å². The number of aromatic nitrogens is 1. The number of pyridine rings is 1. The van der Waals surface area contributed by atoms with Crippen molar-refractivity contribution in [2.45, 2.75) is 0 Å². The Morgan fingerprint density at radius 2 is 2.00 bits per heavy atom. The van der Waals surface area contributed by atoms with E-state index < -0.39 is 11.8 Å². The van der Waals surface area contributed by atoms with Crippen LogP contribution in [-0.4, -0.2) is 18.1 Å². The van der Waals surface area contributed by atoms with Crippen LogP contribution in [-0.2, 0) is 4.74 Å². The van der Waals surface area contributed by atoms with E-state index in [-0.39, 0.29) is 5.56 Å². The van der Waals surface area contributed by atoms with Gasteiger partial charge in [0, 0.05) is 6.20 Å². The Morgan fingerprint density at radius 1 is 1.28 bits per heavy atom. The van der Waals surface area contributed by atoms with Crippen LogP contribution >= 0.6 is 11.6 Å². The van der Waals surface area contributed by atoms with Gasteiger partial charge in [-0.15, -0.1) is 0 Å². The number of carbonyl (C=O) groups excluding carboxylic acids is 1. The zero-order chi connectivity index (χ0) is 13.1. The first kappa shape index (κ1) is 12.5. The third kappa shape index (κ3) is 2.49. The maximum Gasteiger partial charge on any atom is 0.340 e. The standard InChI is InChI=1S/C13H9ClFNO2/c1-18-13(17)10-3-2-8(6-11(10)15)9-4-5-16-12(14)7-9/h2-7H,1H3. The van der Waals surface area contributed by atoms with Gasteiger partial charge in [-0.05, 0) is 35.4 Å². The van der Waals surface area contributed by atoms with Crippen LogP contribution in [0.25, 0.3) is 11.1 Å². The van der Waals surface area contributed by atoms with E-state index in [0.717, 1.165) is 5.56 Å². The molecule has 3 nitrogen and oxygen atoms in total. The fourth-order valence-corrected chi connectivity index (χ4v) is 1.73. The van der Waals surface area contributed by atoms with Crippen LogP contribution in [0.15, 0.2) is 36.5 Å². The molecule has 0 N–H and O–H groups in total. The third-order valence-electron chi connectivity index (χ3n) is 2.43. The van der Waals surface area contributed by atoms with E-state index in [0.29, 0.717) is 10.7 Å². The predicted molar refractivity (Wildman–Crippen MR) is 66.0 cm³/mol. The smallest absolute Gasteiger partial charge is 0.340 e. The summed E-state index contributed by atoms with van der Waals surface area (Å²) >= 11 is 5.76. The fourth-order valence-electron chi connectivity index (χ4n) is 1.55. The first-order valence-electron chi connectivity index (χ1n) is 5.11. The molecular formula is C13H9ClFNO2. The molecule has 0 amide bonds. The lowest BCUT2D eigenvalue weighted by Crippen LogP contribution is -2.04. The first-order valence-corrected chi connectivity index (χ1v) is 5.49. The molecule has 18 heavy (non-hydrogen) atoms. The van der Waals surface area contributed by atoms with E-state index in [4.69, 9.17) is 11.6 Å². The topological polar surface area (TPSA) is 39.2 Å². The van der Waals surface area contributed by atoms with Crippen molar-refractivity contribution < 1.29 is 13.9 Å². The van der Waals surface area contributed by atoms with Crippen molar-refractivity contribution in [1.29, 1.82) is 0 Å². The van der Waals surface area contributed by atoms with Crippen LogP contribution in [0.5, 0.6) is 0 Å². The zero-order valence-corrected chi connectivity index (χ0v) is 10.2. The minimum absolute atomic E-state index is 0.0959. The lowest BCUT2D eigenvalue weighted by Gasteiger charge is -2.05. The van der Waals surface area contributed by atoms with Crippen LogP contribution in [0.1, 0.15) is 10.4 Å². The molecule has 0 aliphatic heterocycles. The summed E-state index contributed by atoms with van der Waals surface area (Å²) in [6, 6.07) is 7.59. The van der Waals surface area contributed by atoms with Crippen LogP contribution < -0.4 is 0 Å². The molecule has 92 valence electrons. The van der Waals surface area contributed by atoms with Gasteiger partial charge in [-0.25, -0.2) is 14.2 Å². The molecule has 0 bridgehead atoms. The Labute approximate surface area is 108 Å². The number of halogens is 2. The van der Waals surface area contributed by atoms with Crippen molar-refractivity contribution in [3.8, 4) is 11.1 Å². The van der Waals surface area contributed by atoms with Gasteiger partial charge < -0.3 is 4.74 Å². The van der Waals surface area contributed by atoms with Crippen molar-refractivity contribution in [2.75, 3.05) is 7.11 Å². The average molecular weight is 266 g/mol. The number of nitrogens with zero attached hydrogens (tertiary/aromatic N) is 1. The molecule has 1 heterocycles. The van der Waals surface area contributed by atoms with Crippen molar-refractivity contribution in [3.63, 3.8) is 0 Å². The van der Waals surface area contributed by atoms with Crippen molar-refractivity contribution in [2.24, 2.45) is 0 Å². The lowest BCUT2D eigenvalue weighted by molar-refractivity contribution is 0.0595. The van der Waals surface area contributed by atoms with Gasteiger partial charge in [-0.1, -0.05) is 17.7 Å². The second-order valence-corrected chi connectivity index (χ2v) is 3.94. The molecule has 1 aromatic heterocycles. The van der Waals surface area contributed by atoms with E-state index in [2.05, 4.69) is 9.72 Å². The van der Waals surface area contributed by atoms with E-state index in [9.17, 15) is 9.18 Å². The molecule has 0 unspecified atom stereocenters. The highest BCUT2D eigenvalue weighted by molar-refractivity contribution is 6.29. The molecule has 2 rings (SSSR count). The summed E-state index contributed by atoms with van der Waals surface area (Å²) in [5, 5.41) is 0.324. The van der Waals surface area contributed by atoms with E-state index >= 15 is 0 Å². The van der Waals surface area contributed by atoms with Gasteiger partial charge in [0.15, 0.2) is 0 Å². The molecule has 5 heteroatoms. The number of esters is 1. The van der Waals surface area contributed by atoms with E-state index in [1.165, 1.54) is 25.4 Å². The van der Waals surface area contributed by atoms with Gasteiger partial charge >= 0.3 is 5.97 Å². The van der Waals surface area contributed by atoms with Crippen molar-refractivity contribution in [3.05, 3.63) is 53.1 Å². The Hall–Kier alpha value is -1.94. The number of rotatable bonds is 2. The molecule has 0 saturated carbocycles. The van der Waals surface area contributed by atoms with Crippen LogP contribution in [0.3, 0.4) is 0 Å². The summed E-state index contributed by atoms with van der Waals surface area (Å²) in [6.07, 6.45) is 1.53. The Morgan fingerprint density at radius 3 is 2.61 bits per heavy atom. The van der Waals surface area contributed by atoms with Gasteiger partial charge in [0.2, 0.25) is 0 Å². The maximum atomic E-state index is 13.7. The lowest BCUT2D eigenvalue weighted by atomic mass is 10.0. The van der Waals surface area contributed by atoms with Gasteiger partial charge in [-0.3, -0.25) is 0 Å². The normalized spacial score (nSPS) is 10.2. The second kappa shape index (κ2) is 5.14. The zero-order valence-electron chi connectivity index (χ0n) is 9.48. The van der Waals surface area contributed by atoms with Crippen molar-refractivity contribution >= 4 is 17.6 Å². The van der Waals surface area contributed by atoms with Crippen LogP contribution in [0, 0.1) is 5.82 Å². The van der Waals surface area contributed by atoms with Gasteiger partial charge in [0.1, 0.15) is 11.0 Å². The molecule has 0 saturated heterocycles. The molecule has 2 aromatic rings. The molecule has 0 aliphatic carbocycles. The highest BCUT2D eigenvalue weighted by atomic mass is 35.5. The highest BCUT2D eigenvalue weighted by Crippen LogP contribution is 2.23.